The Morgan fingerprint density at radius 3 is 2.83 bits per heavy atom. The number of anilines is 1. The van der Waals surface area contributed by atoms with Gasteiger partial charge in [-0.05, 0) is 30.7 Å². The van der Waals surface area contributed by atoms with Crippen molar-refractivity contribution in [2.45, 2.75) is 31.9 Å². The number of hydrogen-bond donors (Lipinski definition) is 4. The monoisotopic (exact) mass is 482 g/mol. The number of aliphatic imine (C=N–C) groups is 1. The van der Waals surface area contributed by atoms with Crippen LogP contribution in [0.2, 0.25) is 0 Å². The van der Waals surface area contributed by atoms with E-state index in [1.807, 2.05) is 0 Å². The lowest BCUT2D eigenvalue weighted by molar-refractivity contribution is 0.0287. The maximum absolute atomic E-state index is 14.3. The summed E-state index contributed by atoms with van der Waals surface area (Å²) in [6.07, 6.45) is -0.250. The second-order valence-electron chi connectivity index (χ2n) is 8.06. The molecule has 0 saturated heterocycles. The molecule has 0 radical (unpaired) electrons. The molecular weight excluding hydrogens is 455 g/mol. The number of ether oxygens (including phenoxy) is 1. The molecule has 184 valence electrons. The SMILES string of the molecule is COc1cccc(-c2cc(F)ccc2[C@@H]2Cc3nc(N)nc(C)c3C(NOCC[C@@H](O)CO)=N2)n1. The molecule has 2 atom stereocenters. The van der Waals surface area contributed by atoms with Crippen molar-refractivity contribution in [3.8, 4) is 17.1 Å². The van der Waals surface area contributed by atoms with E-state index in [0.29, 0.717) is 46.3 Å². The molecule has 11 heteroatoms. The van der Waals surface area contributed by atoms with Crippen molar-refractivity contribution >= 4 is 11.8 Å². The maximum atomic E-state index is 14.3. The fraction of sp³-hybridized carbons (Fsp3) is 0.333. The van der Waals surface area contributed by atoms with Crippen LogP contribution in [-0.4, -0.2) is 57.4 Å². The third-order valence-corrected chi connectivity index (χ3v) is 5.61. The number of hydrogen-bond acceptors (Lipinski definition) is 10. The van der Waals surface area contributed by atoms with Crippen molar-refractivity contribution in [1.29, 1.82) is 0 Å². The van der Waals surface area contributed by atoms with Crippen LogP contribution < -0.4 is 16.0 Å². The highest BCUT2D eigenvalue weighted by Crippen LogP contribution is 2.36. The quantitative estimate of drug-likeness (QED) is 0.279. The van der Waals surface area contributed by atoms with Crippen LogP contribution in [0.1, 0.15) is 35.0 Å². The first kappa shape index (κ1) is 24.5. The number of halogens is 1. The standard InChI is InChI=1S/C24H27FN6O4/c1-13-22-20(30-24(26)27-13)11-19(29-23(22)31-35-9-8-15(33)12-32)16-7-6-14(25)10-17(16)18-4-3-5-21(28-18)34-2/h3-7,10,15,19,32-33H,8-9,11-12H2,1-2H3,(H,29,31)(H2,26,27,30)/t15-,19+/m1/s1. The van der Waals surface area contributed by atoms with Gasteiger partial charge in [0.05, 0.1) is 55.1 Å². The Bertz CT molecular complexity index is 1240. The summed E-state index contributed by atoms with van der Waals surface area (Å²) < 4.78 is 19.5. The van der Waals surface area contributed by atoms with Gasteiger partial charge >= 0.3 is 0 Å². The van der Waals surface area contributed by atoms with Gasteiger partial charge in [-0.2, -0.15) is 0 Å². The van der Waals surface area contributed by atoms with E-state index in [0.717, 1.165) is 5.56 Å². The minimum atomic E-state index is -0.882. The number of nitrogen functional groups attached to an aromatic ring is 1. The number of nitrogens with zero attached hydrogens (tertiary/aromatic N) is 4. The summed E-state index contributed by atoms with van der Waals surface area (Å²) in [4.78, 5) is 23.5. The molecule has 2 aromatic heterocycles. The van der Waals surface area contributed by atoms with Crippen LogP contribution in [0.3, 0.4) is 0 Å². The predicted molar refractivity (Wildman–Crippen MR) is 127 cm³/mol. The first-order valence-electron chi connectivity index (χ1n) is 11.1. The first-order chi connectivity index (χ1) is 16.9. The predicted octanol–water partition coefficient (Wildman–Crippen LogP) is 1.89. The van der Waals surface area contributed by atoms with Crippen molar-refractivity contribution < 1.29 is 24.2 Å². The van der Waals surface area contributed by atoms with Gasteiger partial charge < -0.3 is 20.7 Å². The number of aromatic nitrogens is 3. The van der Waals surface area contributed by atoms with Crippen LogP contribution in [-0.2, 0) is 11.3 Å². The summed E-state index contributed by atoms with van der Waals surface area (Å²) in [5, 5.41) is 18.5. The minimum Gasteiger partial charge on any atom is -0.481 e. The van der Waals surface area contributed by atoms with Crippen molar-refractivity contribution in [1.82, 2.24) is 20.4 Å². The zero-order valence-electron chi connectivity index (χ0n) is 19.4. The van der Waals surface area contributed by atoms with Gasteiger partial charge in [0, 0.05) is 24.5 Å². The highest BCUT2D eigenvalue weighted by atomic mass is 19.1. The lowest BCUT2D eigenvalue weighted by Gasteiger charge is -2.26. The number of aliphatic hydroxyl groups excluding tert-OH is 2. The molecular formula is C24H27FN6O4. The molecule has 10 nitrogen and oxygen atoms in total. The van der Waals surface area contributed by atoms with Gasteiger partial charge in [0.2, 0.25) is 11.8 Å². The molecule has 0 saturated carbocycles. The molecule has 35 heavy (non-hydrogen) atoms. The number of aryl methyl sites for hydroxylation is 1. The molecule has 4 rings (SSSR count). The van der Waals surface area contributed by atoms with E-state index in [1.165, 1.54) is 19.2 Å². The van der Waals surface area contributed by atoms with E-state index >= 15 is 0 Å². The van der Waals surface area contributed by atoms with Crippen LogP contribution in [0.15, 0.2) is 41.4 Å². The zero-order valence-corrected chi connectivity index (χ0v) is 19.4. The van der Waals surface area contributed by atoms with Crippen molar-refractivity contribution in [3.63, 3.8) is 0 Å². The summed E-state index contributed by atoms with van der Waals surface area (Å²) in [5.41, 5.74) is 12.6. The number of methoxy groups -OCH3 is 1. The normalized spacial score (nSPS) is 15.8. The third kappa shape index (κ3) is 5.53. The number of nitrogens with one attached hydrogen (secondary N) is 1. The number of pyridine rings is 1. The van der Waals surface area contributed by atoms with Gasteiger partial charge in [0.25, 0.3) is 0 Å². The van der Waals surface area contributed by atoms with Crippen molar-refractivity contribution in [2.24, 2.45) is 4.99 Å². The van der Waals surface area contributed by atoms with Crippen LogP contribution in [0.5, 0.6) is 5.88 Å². The number of nitrogens with two attached hydrogens (primary N) is 1. The summed E-state index contributed by atoms with van der Waals surface area (Å²) in [7, 11) is 1.52. The second kappa shape index (κ2) is 10.7. The van der Waals surface area contributed by atoms with E-state index < -0.39 is 18.0 Å². The smallest absolute Gasteiger partial charge is 0.220 e. The number of rotatable bonds is 8. The first-order valence-corrected chi connectivity index (χ1v) is 11.1. The second-order valence-corrected chi connectivity index (χ2v) is 8.06. The van der Waals surface area contributed by atoms with Crippen molar-refractivity contribution in [2.75, 3.05) is 26.1 Å². The number of fused-ring (bicyclic) bond motifs is 1. The van der Waals surface area contributed by atoms with E-state index in [9.17, 15) is 9.50 Å². The molecule has 5 N–H and O–H groups in total. The Kier molecular flexibility index (Phi) is 7.49. The molecule has 0 bridgehead atoms. The number of aliphatic hydroxyl groups is 2. The average molecular weight is 483 g/mol. The van der Waals surface area contributed by atoms with Crippen LogP contribution in [0, 0.1) is 12.7 Å². The highest BCUT2D eigenvalue weighted by molar-refractivity contribution is 6.01. The molecule has 0 unspecified atom stereocenters. The van der Waals surface area contributed by atoms with Gasteiger partial charge in [-0.25, -0.2) is 24.8 Å². The average Bonchev–Trinajstić information content (AvgIpc) is 2.85. The maximum Gasteiger partial charge on any atom is 0.220 e. The van der Waals surface area contributed by atoms with E-state index in [4.69, 9.17) is 25.4 Å². The highest BCUT2D eigenvalue weighted by Gasteiger charge is 2.28. The molecule has 0 spiro atoms. The lowest BCUT2D eigenvalue weighted by atomic mass is 9.91. The Balaban J connectivity index is 1.73. The Morgan fingerprint density at radius 2 is 2.06 bits per heavy atom. The molecule has 1 aromatic carbocycles. The fourth-order valence-electron chi connectivity index (χ4n) is 3.94. The van der Waals surface area contributed by atoms with Crippen molar-refractivity contribution in [3.05, 3.63) is 64.7 Å². The zero-order chi connectivity index (χ0) is 24.9. The van der Waals surface area contributed by atoms with E-state index in [1.54, 1.807) is 31.2 Å². The molecule has 3 aromatic rings. The van der Waals surface area contributed by atoms with Gasteiger partial charge in [-0.1, -0.05) is 12.1 Å². The van der Waals surface area contributed by atoms with E-state index in [2.05, 4.69) is 20.4 Å². The van der Waals surface area contributed by atoms with Gasteiger partial charge in [-0.3, -0.25) is 9.83 Å². The van der Waals surface area contributed by atoms with Gasteiger partial charge in [0.15, 0.2) is 5.84 Å². The topological polar surface area (TPSA) is 148 Å². The summed E-state index contributed by atoms with van der Waals surface area (Å²) >= 11 is 0. The lowest BCUT2D eigenvalue weighted by Crippen LogP contribution is -2.33. The largest absolute Gasteiger partial charge is 0.481 e. The summed E-state index contributed by atoms with van der Waals surface area (Å²) in [6, 6.07) is 9.31. The molecule has 3 heterocycles. The molecule has 1 aliphatic rings. The fourth-order valence-corrected chi connectivity index (χ4v) is 3.94. The molecule has 1 aliphatic heterocycles. The van der Waals surface area contributed by atoms with Gasteiger partial charge in [-0.15, -0.1) is 0 Å². The van der Waals surface area contributed by atoms with Crippen LogP contribution in [0.25, 0.3) is 11.3 Å². The molecule has 0 fully saturated rings. The molecule has 0 aliphatic carbocycles. The van der Waals surface area contributed by atoms with Crippen LogP contribution in [0.4, 0.5) is 10.3 Å². The molecule has 0 amide bonds. The number of benzene rings is 1. The Morgan fingerprint density at radius 1 is 1.23 bits per heavy atom. The van der Waals surface area contributed by atoms with Crippen LogP contribution >= 0.6 is 0 Å². The number of hydroxylamine groups is 1. The number of amidine groups is 1. The third-order valence-electron chi connectivity index (χ3n) is 5.61. The van der Waals surface area contributed by atoms with E-state index in [-0.39, 0.29) is 25.6 Å². The summed E-state index contributed by atoms with van der Waals surface area (Å²) in [5.74, 6) is 0.537. The summed E-state index contributed by atoms with van der Waals surface area (Å²) in [6.45, 7) is 1.58. The Hall–Kier alpha value is -3.67. The Labute approximate surface area is 201 Å². The minimum absolute atomic E-state index is 0.130. The van der Waals surface area contributed by atoms with Gasteiger partial charge in [0.1, 0.15) is 5.82 Å².